The van der Waals surface area contributed by atoms with E-state index < -0.39 is 10.0 Å². The fourth-order valence-corrected chi connectivity index (χ4v) is 6.07. The molecule has 2 heterocycles. The van der Waals surface area contributed by atoms with Gasteiger partial charge >= 0.3 is 0 Å². The Kier molecular flexibility index (Phi) is 6.53. The van der Waals surface area contributed by atoms with E-state index in [1.165, 1.54) is 12.1 Å². The summed E-state index contributed by atoms with van der Waals surface area (Å²) in [6, 6.07) is 15.3. The number of hydrogen-bond donors (Lipinski definition) is 2. The standard InChI is InChI=1S/C26H30N6O3S/c1-3-22-25(33)31(2)23-17-27-26(29-24(23)32(22)20-11-7-8-12-20)28-18-13-15-21(16-14-18)36(34,35)30-19-9-5-4-6-10-19/h4-6,9-10,13-17,20,22,30H,3,7-8,11-12H2,1-2H3,(H,27,28,29)/t22-/m1/s1. The van der Waals surface area contributed by atoms with Gasteiger partial charge < -0.3 is 15.1 Å². The Morgan fingerprint density at radius 1 is 1.00 bits per heavy atom. The first-order chi connectivity index (χ1) is 17.4. The van der Waals surface area contributed by atoms with Crippen LogP contribution in [0.4, 0.5) is 28.8 Å². The quantitative estimate of drug-likeness (QED) is 0.485. The number of amides is 1. The number of para-hydroxylation sites is 1. The summed E-state index contributed by atoms with van der Waals surface area (Å²) >= 11 is 0. The van der Waals surface area contributed by atoms with Gasteiger partial charge in [-0.25, -0.2) is 13.4 Å². The first-order valence-corrected chi connectivity index (χ1v) is 13.7. The second-order valence-corrected chi connectivity index (χ2v) is 10.9. The third-order valence-electron chi connectivity index (χ3n) is 6.86. The van der Waals surface area contributed by atoms with Crippen molar-refractivity contribution in [3.8, 4) is 0 Å². The van der Waals surface area contributed by atoms with Crippen LogP contribution >= 0.6 is 0 Å². The fourth-order valence-electron chi connectivity index (χ4n) is 5.01. The zero-order valence-corrected chi connectivity index (χ0v) is 21.2. The highest BCUT2D eigenvalue weighted by molar-refractivity contribution is 7.92. The van der Waals surface area contributed by atoms with Gasteiger partial charge in [0, 0.05) is 24.5 Å². The number of sulfonamides is 1. The lowest BCUT2D eigenvalue weighted by Crippen LogP contribution is -2.55. The van der Waals surface area contributed by atoms with Crippen LogP contribution in [0.5, 0.6) is 0 Å². The van der Waals surface area contributed by atoms with Crippen molar-refractivity contribution in [2.75, 3.05) is 26.9 Å². The molecule has 36 heavy (non-hydrogen) atoms. The molecule has 188 valence electrons. The number of carbonyl (C=O) groups is 1. The number of benzene rings is 2. The lowest BCUT2D eigenvalue weighted by Gasteiger charge is -2.43. The molecular weight excluding hydrogens is 476 g/mol. The summed E-state index contributed by atoms with van der Waals surface area (Å²) in [5, 5.41) is 3.18. The van der Waals surface area contributed by atoms with E-state index in [9.17, 15) is 13.2 Å². The molecule has 1 aliphatic heterocycles. The summed E-state index contributed by atoms with van der Waals surface area (Å²) in [5.74, 6) is 1.23. The van der Waals surface area contributed by atoms with Crippen molar-refractivity contribution in [1.82, 2.24) is 9.97 Å². The average molecular weight is 507 g/mol. The average Bonchev–Trinajstić information content (AvgIpc) is 3.41. The number of carbonyl (C=O) groups excluding carboxylic acids is 1. The van der Waals surface area contributed by atoms with Crippen LogP contribution < -0.4 is 19.8 Å². The normalized spacial score (nSPS) is 18.3. The zero-order valence-electron chi connectivity index (χ0n) is 20.4. The number of hydrogen-bond acceptors (Lipinski definition) is 7. The summed E-state index contributed by atoms with van der Waals surface area (Å²) in [6.07, 6.45) is 6.79. The number of fused-ring (bicyclic) bond motifs is 1. The molecule has 2 aromatic carbocycles. The molecule has 5 rings (SSSR count). The maximum Gasteiger partial charge on any atom is 0.261 e. The van der Waals surface area contributed by atoms with Gasteiger partial charge in [-0.2, -0.15) is 4.98 Å². The van der Waals surface area contributed by atoms with Crippen LogP contribution in [0.2, 0.25) is 0 Å². The molecule has 9 nitrogen and oxygen atoms in total. The fraction of sp³-hybridized carbons (Fsp3) is 0.346. The number of aromatic nitrogens is 2. The minimum atomic E-state index is -3.71. The topological polar surface area (TPSA) is 108 Å². The van der Waals surface area contributed by atoms with E-state index in [1.807, 2.05) is 13.0 Å². The molecule has 0 saturated heterocycles. The summed E-state index contributed by atoms with van der Waals surface area (Å²) in [4.78, 5) is 26.3. The van der Waals surface area contributed by atoms with E-state index in [1.54, 1.807) is 54.5 Å². The van der Waals surface area contributed by atoms with E-state index in [2.05, 4.69) is 19.9 Å². The van der Waals surface area contributed by atoms with Crippen LogP contribution in [0.1, 0.15) is 39.0 Å². The van der Waals surface area contributed by atoms with E-state index in [0.29, 0.717) is 29.4 Å². The SMILES string of the molecule is CC[C@@H]1C(=O)N(C)c2cnc(Nc3ccc(S(=O)(=O)Nc4ccccc4)cc3)nc2N1C1CCCC1. The van der Waals surface area contributed by atoms with Crippen LogP contribution in [0, 0.1) is 0 Å². The van der Waals surface area contributed by atoms with Crippen molar-refractivity contribution < 1.29 is 13.2 Å². The van der Waals surface area contributed by atoms with E-state index in [4.69, 9.17) is 4.98 Å². The third kappa shape index (κ3) is 4.60. The van der Waals surface area contributed by atoms with E-state index >= 15 is 0 Å². The smallest absolute Gasteiger partial charge is 0.261 e. The van der Waals surface area contributed by atoms with Gasteiger partial charge in [0.15, 0.2) is 5.82 Å². The summed E-state index contributed by atoms with van der Waals surface area (Å²) < 4.78 is 28.0. The highest BCUT2D eigenvalue weighted by Gasteiger charge is 2.41. The Bertz CT molecular complexity index is 1340. The molecule has 1 fully saturated rings. The molecule has 3 aromatic rings. The van der Waals surface area contributed by atoms with Crippen LogP contribution in [-0.4, -0.2) is 43.4 Å². The molecule has 1 aromatic heterocycles. The summed E-state index contributed by atoms with van der Waals surface area (Å²) in [7, 11) is -1.93. The monoisotopic (exact) mass is 506 g/mol. The van der Waals surface area contributed by atoms with Crippen LogP contribution in [0.3, 0.4) is 0 Å². The molecule has 0 bridgehead atoms. The number of rotatable bonds is 7. The molecule has 2 aliphatic rings. The van der Waals surface area contributed by atoms with E-state index in [0.717, 1.165) is 31.5 Å². The van der Waals surface area contributed by atoms with Gasteiger partial charge in [0.1, 0.15) is 11.7 Å². The molecule has 0 radical (unpaired) electrons. The highest BCUT2D eigenvalue weighted by Crippen LogP contribution is 2.40. The maximum absolute atomic E-state index is 13.0. The minimum absolute atomic E-state index is 0.0714. The van der Waals surface area contributed by atoms with Crippen molar-refractivity contribution in [3.05, 3.63) is 60.8 Å². The molecular formula is C26H30N6O3S. The minimum Gasteiger partial charge on any atom is -0.340 e. The number of nitrogens with one attached hydrogen (secondary N) is 2. The Morgan fingerprint density at radius 3 is 2.36 bits per heavy atom. The van der Waals surface area contributed by atoms with Gasteiger partial charge in [0.2, 0.25) is 11.9 Å². The Morgan fingerprint density at radius 2 is 1.69 bits per heavy atom. The Hall–Kier alpha value is -3.66. The Balaban J connectivity index is 1.39. The summed E-state index contributed by atoms with van der Waals surface area (Å²) in [5.41, 5.74) is 1.87. The van der Waals surface area contributed by atoms with Crippen molar-refractivity contribution in [1.29, 1.82) is 0 Å². The predicted molar refractivity (Wildman–Crippen MR) is 141 cm³/mol. The lowest BCUT2D eigenvalue weighted by molar-refractivity contribution is -0.120. The van der Waals surface area contributed by atoms with Crippen molar-refractivity contribution >= 4 is 44.8 Å². The number of anilines is 5. The van der Waals surface area contributed by atoms with Gasteiger partial charge in [-0.05, 0) is 55.7 Å². The second kappa shape index (κ2) is 9.77. The molecule has 2 N–H and O–H groups in total. The first kappa shape index (κ1) is 24.1. The maximum atomic E-state index is 13.0. The van der Waals surface area contributed by atoms with Crippen molar-refractivity contribution in [2.45, 2.75) is 56.0 Å². The van der Waals surface area contributed by atoms with Crippen LogP contribution in [0.15, 0.2) is 65.7 Å². The molecule has 0 unspecified atom stereocenters. The molecule has 1 aliphatic carbocycles. The molecule has 1 amide bonds. The van der Waals surface area contributed by atoms with Crippen molar-refractivity contribution in [2.24, 2.45) is 0 Å². The molecule has 0 spiro atoms. The van der Waals surface area contributed by atoms with Crippen LogP contribution in [-0.2, 0) is 14.8 Å². The van der Waals surface area contributed by atoms with Gasteiger partial charge in [-0.1, -0.05) is 38.0 Å². The van der Waals surface area contributed by atoms with Gasteiger partial charge in [0.25, 0.3) is 10.0 Å². The molecule has 1 atom stereocenters. The summed E-state index contributed by atoms with van der Waals surface area (Å²) in [6.45, 7) is 2.03. The largest absolute Gasteiger partial charge is 0.340 e. The van der Waals surface area contributed by atoms with E-state index in [-0.39, 0.29) is 22.9 Å². The molecule has 10 heteroatoms. The highest BCUT2D eigenvalue weighted by atomic mass is 32.2. The zero-order chi connectivity index (χ0) is 25.3. The van der Waals surface area contributed by atoms with Gasteiger partial charge in [-0.3, -0.25) is 9.52 Å². The van der Waals surface area contributed by atoms with Gasteiger partial charge in [0.05, 0.1) is 11.1 Å². The third-order valence-corrected chi connectivity index (χ3v) is 8.26. The van der Waals surface area contributed by atoms with Crippen LogP contribution in [0.25, 0.3) is 0 Å². The van der Waals surface area contributed by atoms with Crippen molar-refractivity contribution in [3.63, 3.8) is 0 Å². The Labute approximate surface area is 211 Å². The lowest BCUT2D eigenvalue weighted by atomic mass is 10.0. The first-order valence-electron chi connectivity index (χ1n) is 12.3. The number of likely N-dealkylation sites (N-methyl/N-ethyl adjacent to an activating group) is 1. The van der Waals surface area contributed by atoms with Gasteiger partial charge in [-0.15, -0.1) is 0 Å². The second-order valence-electron chi connectivity index (χ2n) is 9.19. The predicted octanol–water partition coefficient (Wildman–Crippen LogP) is 4.53. The molecule has 1 saturated carbocycles. The number of nitrogens with zero attached hydrogens (tertiary/aromatic N) is 4.